The Labute approximate surface area is 73.4 Å². The van der Waals surface area contributed by atoms with Gasteiger partial charge in [-0.25, -0.2) is 4.98 Å². The van der Waals surface area contributed by atoms with E-state index in [0.717, 1.165) is 5.69 Å². The van der Waals surface area contributed by atoms with Crippen molar-refractivity contribution in [2.24, 2.45) is 0 Å². The van der Waals surface area contributed by atoms with E-state index in [2.05, 4.69) is 4.98 Å². The molecule has 0 aromatic carbocycles. The van der Waals surface area contributed by atoms with Gasteiger partial charge in [0, 0.05) is 6.92 Å². The van der Waals surface area contributed by atoms with Gasteiger partial charge in [0.05, 0.1) is 5.69 Å². The van der Waals surface area contributed by atoms with Gasteiger partial charge in [0.2, 0.25) is 0 Å². The highest BCUT2D eigenvalue weighted by molar-refractivity contribution is 5.09. The second kappa shape index (κ2) is 4.93. The molecule has 0 bridgehead atoms. The summed E-state index contributed by atoms with van der Waals surface area (Å²) in [5.74, 6) is 1.17. The number of rotatable bonds is 1. The van der Waals surface area contributed by atoms with Crippen LogP contribution in [0.2, 0.25) is 0 Å². The van der Waals surface area contributed by atoms with Crippen LogP contribution >= 0.6 is 0 Å². The average Bonchev–Trinajstić information content (AvgIpc) is 2.34. The fraction of sp³-hybridized carbons (Fsp3) is 0.667. The molecular weight excluding hydrogens is 154 g/mol. The van der Waals surface area contributed by atoms with Crippen molar-refractivity contribution in [1.29, 1.82) is 0 Å². The van der Waals surface area contributed by atoms with Gasteiger partial charge in [-0.2, -0.15) is 0 Å². The highest BCUT2D eigenvalue weighted by Crippen LogP contribution is 2.17. The van der Waals surface area contributed by atoms with Crippen molar-refractivity contribution in [1.82, 2.24) is 4.98 Å². The van der Waals surface area contributed by atoms with E-state index >= 15 is 0 Å². The Kier molecular flexibility index (Phi) is 4.59. The van der Waals surface area contributed by atoms with Crippen LogP contribution in [0.3, 0.4) is 0 Å². The lowest BCUT2D eigenvalue weighted by Gasteiger charge is -1.97. The Balaban J connectivity index is 0.000000561. The Hall–Kier alpha value is -0.830. The summed E-state index contributed by atoms with van der Waals surface area (Å²) in [6.45, 7) is 9.24. The molecule has 1 atom stereocenters. The van der Waals surface area contributed by atoms with E-state index in [1.165, 1.54) is 0 Å². The van der Waals surface area contributed by atoms with Crippen LogP contribution in [0.15, 0.2) is 4.42 Å². The van der Waals surface area contributed by atoms with E-state index in [1.807, 2.05) is 20.8 Å². The van der Waals surface area contributed by atoms with Crippen LogP contribution in [0, 0.1) is 13.8 Å². The molecule has 1 unspecified atom stereocenters. The first-order valence-electron chi connectivity index (χ1n) is 4.23. The lowest BCUT2D eigenvalue weighted by atomic mass is 10.3. The van der Waals surface area contributed by atoms with Crippen molar-refractivity contribution in [3.63, 3.8) is 0 Å². The minimum absolute atomic E-state index is 0.554. The molecule has 0 saturated carbocycles. The summed E-state index contributed by atoms with van der Waals surface area (Å²) in [5.41, 5.74) is 0.771. The molecule has 0 spiro atoms. The topological polar surface area (TPSA) is 46.3 Å². The average molecular weight is 171 g/mol. The van der Waals surface area contributed by atoms with Crippen molar-refractivity contribution in [2.75, 3.05) is 0 Å². The van der Waals surface area contributed by atoms with Crippen LogP contribution in [-0.4, -0.2) is 10.1 Å². The van der Waals surface area contributed by atoms with Crippen molar-refractivity contribution in [3.05, 3.63) is 17.3 Å². The number of aliphatic hydroxyl groups excluding tert-OH is 1. The van der Waals surface area contributed by atoms with E-state index in [-0.39, 0.29) is 0 Å². The van der Waals surface area contributed by atoms with Crippen LogP contribution in [0.1, 0.15) is 44.2 Å². The lowest BCUT2D eigenvalue weighted by Crippen LogP contribution is -1.90. The van der Waals surface area contributed by atoms with Gasteiger partial charge in [0.25, 0.3) is 0 Å². The first kappa shape index (κ1) is 11.2. The summed E-state index contributed by atoms with van der Waals surface area (Å²) >= 11 is 0. The predicted octanol–water partition coefficient (Wildman–Crippen LogP) is 2.37. The Morgan fingerprint density at radius 2 is 1.83 bits per heavy atom. The molecule has 0 fully saturated rings. The van der Waals surface area contributed by atoms with Gasteiger partial charge in [0.15, 0.2) is 11.7 Å². The molecule has 1 aromatic heterocycles. The molecule has 0 aliphatic rings. The van der Waals surface area contributed by atoms with Crippen LogP contribution < -0.4 is 0 Å². The second-order valence-electron chi connectivity index (χ2n) is 2.36. The number of aryl methyl sites for hydroxylation is 2. The zero-order valence-corrected chi connectivity index (χ0v) is 8.38. The zero-order chi connectivity index (χ0) is 9.72. The van der Waals surface area contributed by atoms with Gasteiger partial charge in [-0.05, 0) is 13.8 Å². The van der Waals surface area contributed by atoms with Crippen LogP contribution in [-0.2, 0) is 0 Å². The number of hydrogen-bond donors (Lipinski definition) is 1. The largest absolute Gasteiger partial charge is 0.443 e. The third-order valence-corrected chi connectivity index (χ3v) is 1.32. The summed E-state index contributed by atoms with van der Waals surface area (Å²) in [6.07, 6.45) is -0.554. The quantitative estimate of drug-likeness (QED) is 0.705. The van der Waals surface area contributed by atoms with Gasteiger partial charge in [-0.3, -0.25) is 0 Å². The maximum atomic E-state index is 9.08. The summed E-state index contributed by atoms with van der Waals surface area (Å²) in [5, 5.41) is 9.08. The van der Waals surface area contributed by atoms with Gasteiger partial charge < -0.3 is 9.52 Å². The maximum Gasteiger partial charge on any atom is 0.191 e. The fourth-order valence-electron chi connectivity index (χ4n) is 0.935. The maximum absolute atomic E-state index is 9.08. The molecular formula is C9H17NO2. The van der Waals surface area contributed by atoms with E-state index in [0.29, 0.717) is 11.7 Å². The molecule has 3 heteroatoms. The van der Waals surface area contributed by atoms with Crippen molar-refractivity contribution >= 4 is 0 Å². The first-order chi connectivity index (χ1) is 5.61. The van der Waals surface area contributed by atoms with E-state index in [4.69, 9.17) is 9.52 Å². The van der Waals surface area contributed by atoms with Crippen LogP contribution in [0.5, 0.6) is 0 Å². The smallest absolute Gasteiger partial charge is 0.191 e. The molecule has 1 heterocycles. The summed E-state index contributed by atoms with van der Waals surface area (Å²) in [7, 11) is 0. The normalized spacial score (nSPS) is 11.8. The van der Waals surface area contributed by atoms with Crippen molar-refractivity contribution < 1.29 is 9.52 Å². The fourth-order valence-corrected chi connectivity index (χ4v) is 0.935. The van der Waals surface area contributed by atoms with Gasteiger partial charge in [0.1, 0.15) is 6.10 Å². The SMILES string of the molecule is CC.Cc1nc(C)c(C(C)O)o1. The Bertz CT molecular complexity index is 228. The highest BCUT2D eigenvalue weighted by Gasteiger charge is 2.10. The minimum Gasteiger partial charge on any atom is -0.443 e. The Morgan fingerprint density at radius 3 is 2.00 bits per heavy atom. The molecule has 0 aliphatic carbocycles. The monoisotopic (exact) mass is 171 g/mol. The molecule has 0 radical (unpaired) electrons. The van der Waals surface area contributed by atoms with Crippen molar-refractivity contribution in [3.8, 4) is 0 Å². The molecule has 1 rings (SSSR count). The number of nitrogens with zero attached hydrogens (tertiary/aromatic N) is 1. The highest BCUT2D eigenvalue weighted by atomic mass is 16.4. The van der Waals surface area contributed by atoms with E-state index < -0.39 is 6.10 Å². The van der Waals surface area contributed by atoms with E-state index in [1.54, 1.807) is 13.8 Å². The molecule has 3 nitrogen and oxygen atoms in total. The van der Waals surface area contributed by atoms with Crippen LogP contribution in [0.25, 0.3) is 0 Å². The Morgan fingerprint density at radius 1 is 1.33 bits per heavy atom. The third kappa shape index (κ3) is 2.66. The van der Waals surface area contributed by atoms with Crippen LogP contribution in [0.4, 0.5) is 0 Å². The molecule has 0 amide bonds. The minimum atomic E-state index is -0.554. The van der Waals surface area contributed by atoms with E-state index in [9.17, 15) is 0 Å². The van der Waals surface area contributed by atoms with Gasteiger partial charge in [-0.15, -0.1) is 0 Å². The molecule has 0 saturated heterocycles. The molecule has 1 aromatic rings. The lowest BCUT2D eigenvalue weighted by molar-refractivity contribution is 0.167. The number of aromatic nitrogens is 1. The number of hydrogen-bond acceptors (Lipinski definition) is 3. The first-order valence-corrected chi connectivity index (χ1v) is 4.23. The van der Waals surface area contributed by atoms with Crippen molar-refractivity contribution in [2.45, 2.75) is 40.7 Å². The summed E-state index contributed by atoms with van der Waals surface area (Å²) in [6, 6.07) is 0. The third-order valence-electron chi connectivity index (χ3n) is 1.32. The molecule has 12 heavy (non-hydrogen) atoms. The molecule has 70 valence electrons. The molecule has 0 aliphatic heterocycles. The number of aliphatic hydroxyl groups is 1. The predicted molar refractivity (Wildman–Crippen MR) is 48.0 cm³/mol. The van der Waals surface area contributed by atoms with Gasteiger partial charge >= 0.3 is 0 Å². The van der Waals surface area contributed by atoms with Gasteiger partial charge in [-0.1, -0.05) is 13.8 Å². The number of oxazole rings is 1. The standard InChI is InChI=1S/C7H11NO2.C2H6/c1-4-7(5(2)9)10-6(3)8-4;1-2/h5,9H,1-3H3;1-2H3. The second-order valence-corrected chi connectivity index (χ2v) is 2.36. The summed E-state index contributed by atoms with van der Waals surface area (Å²) in [4.78, 5) is 4.01. The summed E-state index contributed by atoms with van der Waals surface area (Å²) < 4.78 is 5.11. The molecule has 1 N–H and O–H groups in total. The zero-order valence-electron chi connectivity index (χ0n) is 8.38.